The predicted octanol–water partition coefficient (Wildman–Crippen LogP) is 1.91. The summed E-state index contributed by atoms with van der Waals surface area (Å²) in [4.78, 5) is 54.0. The molecule has 0 bridgehead atoms. The van der Waals surface area contributed by atoms with Crippen LogP contribution in [0, 0.1) is 0 Å². The average molecular weight is 454 g/mol. The lowest BCUT2D eigenvalue weighted by molar-refractivity contribution is -0.138. The molecule has 2 aromatic heterocycles. The quantitative estimate of drug-likeness (QED) is 0.523. The number of nitrogens with one attached hydrogen (secondary N) is 2. The molecular formula is C19H21F3N6O4. The number of aromatic amines is 1. The van der Waals surface area contributed by atoms with Gasteiger partial charge in [-0.3, -0.25) is 14.4 Å². The second-order valence-corrected chi connectivity index (χ2v) is 7.14. The number of ketones is 1. The van der Waals surface area contributed by atoms with Gasteiger partial charge in [0.25, 0.3) is 5.56 Å². The molecule has 0 spiro atoms. The SMILES string of the molecule is CC(=O)c1cc(C(C)ONC(=O)N2CCN(c3ncc(C(F)(F)F)cn3)CC2)c[nH]c1=O. The van der Waals surface area contributed by atoms with Crippen LogP contribution in [-0.2, 0) is 11.0 Å². The maximum Gasteiger partial charge on any atom is 0.419 e. The van der Waals surface area contributed by atoms with Gasteiger partial charge in [0.2, 0.25) is 5.95 Å². The van der Waals surface area contributed by atoms with E-state index in [4.69, 9.17) is 4.84 Å². The van der Waals surface area contributed by atoms with Crippen molar-refractivity contribution in [2.75, 3.05) is 31.1 Å². The zero-order valence-corrected chi connectivity index (χ0v) is 17.3. The summed E-state index contributed by atoms with van der Waals surface area (Å²) >= 11 is 0. The number of Topliss-reactive ketones (excluding diaryl/α,β-unsaturated/α-hetero) is 1. The van der Waals surface area contributed by atoms with Gasteiger partial charge < -0.3 is 14.8 Å². The Morgan fingerprint density at radius 3 is 2.38 bits per heavy atom. The number of aromatic nitrogens is 3. The average Bonchev–Trinajstić information content (AvgIpc) is 2.77. The first-order chi connectivity index (χ1) is 15.1. The van der Waals surface area contributed by atoms with Gasteiger partial charge in [0, 0.05) is 50.3 Å². The number of hydrogen-bond acceptors (Lipinski definition) is 7. The van der Waals surface area contributed by atoms with E-state index >= 15 is 0 Å². The number of H-pyrrole nitrogens is 1. The van der Waals surface area contributed by atoms with Crippen molar-refractivity contribution < 1.29 is 27.6 Å². The normalized spacial score (nSPS) is 15.4. The van der Waals surface area contributed by atoms with Crippen molar-refractivity contribution in [1.29, 1.82) is 0 Å². The molecule has 172 valence electrons. The smallest absolute Gasteiger partial charge is 0.337 e. The zero-order chi connectivity index (χ0) is 23.5. The second-order valence-electron chi connectivity index (χ2n) is 7.14. The Balaban J connectivity index is 1.51. The number of hydrogen-bond donors (Lipinski definition) is 2. The lowest BCUT2D eigenvalue weighted by Crippen LogP contribution is -2.52. The van der Waals surface area contributed by atoms with Gasteiger partial charge in [-0.25, -0.2) is 20.2 Å². The number of piperazine rings is 1. The third kappa shape index (κ3) is 5.41. The molecule has 1 fully saturated rings. The highest BCUT2D eigenvalue weighted by Gasteiger charge is 2.32. The van der Waals surface area contributed by atoms with Crippen LogP contribution >= 0.6 is 0 Å². The van der Waals surface area contributed by atoms with Gasteiger partial charge in [0.05, 0.1) is 11.1 Å². The minimum atomic E-state index is -4.50. The molecule has 3 rings (SSSR count). The summed E-state index contributed by atoms with van der Waals surface area (Å²) in [6, 6.07) is 0.905. The van der Waals surface area contributed by atoms with Crippen molar-refractivity contribution in [1.82, 2.24) is 25.3 Å². The molecule has 0 saturated carbocycles. The first kappa shape index (κ1) is 23.2. The molecule has 10 nitrogen and oxygen atoms in total. The molecule has 0 aromatic carbocycles. The highest BCUT2D eigenvalue weighted by molar-refractivity contribution is 5.93. The highest BCUT2D eigenvalue weighted by atomic mass is 19.4. The second kappa shape index (κ2) is 9.34. The Bertz CT molecular complexity index is 1030. The van der Waals surface area contributed by atoms with Crippen molar-refractivity contribution in [3.05, 3.63) is 51.7 Å². The number of carbonyl (C=O) groups is 2. The van der Waals surface area contributed by atoms with E-state index in [9.17, 15) is 27.6 Å². The van der Waals surface area contributed by atoms with Crippen LogP contribution in [0.25, 0.3) is 0 Å². The molecule has 2 amide bonds. The Hall–Kier alpha value is -3.48. The molecule has 2 aromatic rings. The fourth-order valence-corrected chi connectivity index (χ4v) is 3.01. The van der Waals surface area contributed by atoms with E-state index in [0.717, 1.165) is 12.4 Å². The number of nitrogens with zero attached hydrogens (tertiary/aromatic N) is 4. The summed E-state index contributed by atoms with van der Waals surface area (Å²) in [5.74, 6) is -0.235. The van der Waals surface area contributed by atoms with Crippen LogP contribution in [0.1, 0.15) is 41.4 Å². The molecule has 1 atom stereocenters. The number of halogens is 3. The number of amides is 2. The number of urea groups is 1. The number of alkyl halides is 3. The standard InChI is InChI=1S/C19H21F3N6O4/c1-11(29)15-7-13(8-23-16(15)30)12(2)32-26-18(31)28-5-3-27(4-6-28)17-24-9-14(10-25-17)19(20,21)22/h7-10,12H,3-6H2,1-2H3,(H,23,30)(H,26,31). The van der Waals surface area contributed by atoms with Gasteiger partial charge in [-0.15, -0.1) is 0 Å². The Morgan fingerprint density at radius 2 is 1.81 bits per heavy atom. The first-order valence-electron chi connectivity index (χ1n) is 9.64. The van der Waals surface area contributed by atoms with Gasteiger partial charge in [-0.2, -0.15) is 13.2 Å². The van der Waals surface area contributed by atoms with E-state index in [2.05, 4.69) is 20.4 Å². The number of rotatable bonds is 5. The number of pyridine rings is 1. The first-order valence-corrected chi connectivity index (χ1v) is 9.64. The largest absolute Gasteiger partial charge is 0.419 e. The topological polar surface area (TPSA) is 121 Å². The third-order valence-corrected chi connectivity index (χ3v) is 4.91. The Morgan fingerprint density at radius 1 is 1.19 bits per heavy atom. The number of hydroxylamine groups is 1. The van der Waals surface area contributed by atoms with Crippen LogP contribution < -0.4 is 15.9 Å². The van der Waals surface area contributed by atoms with E-state index < -0.39 is 29.4 Å². The summed E-state index contributed by atoms with van der Waals surface area (Å²) in [6.45, 7) is 4.13. The van der Waals surface area contributed by atoms with Crippen LogP contribution in [-0.4, -0.2) is 57.8 Å². The Labute approximate surface area is 180 Å². The van der Waals surface area contributed by atoms with E-state index in [1.54, 1.807) is 11.8 Å². The lowest BCUT2D eigenvalue weighted by atomic mass is 10.1. The van der Waals surface area contributed by atoms with Crippen LogP contribution in [0.2, 0.25) is 0 Å². The minimum Gasteiger partial charge on any atom is -0.337 e. The molecule has 2 N–H and O–H groups in total. The maximum absolute atomic E-state index is 12.6. The predicted molar refractivity (Wildman–Crippen MR) is 106 cm³/mol. The van der Waals surface area contributed by atoms with E-state index in [0.29, 0.717) is 18.7 Å². The van der Waals surface area contributed by atoms with Crippen LogP contribution in [0.15, 0.2) is 29.5 Å². The van der Waals surface area contributed by atoms with E-state index in [1.165, 1.54) is 24.1 Å². The van der Waals surface area contributed by atoms with Crippen molar-refractivity contribution in [2.45, 2.75) is 26.1 Å². The zero-order valence-electron chi connectivity index (χ0n) is 17.3. The van der Waals surface area contributed by atoms with Crippen molar-refractivity contribution in [2.24, 2.45) is 0 Å². The molecule has 13 heteroatoms. The maximum atomic E-state index is 12.6. The fourth-order valence-electron chi connectivity index (χ4n) is 3.01. The number of carbonyl (C=O) groups excluding carboxylic acids is 2. The van der Waals surface area contributed by atoms with E-state index in [-0.39, 0.29) is 30.4 Å². The molecule has 1 aliphatic rings. The van der Waals surface area contributed by atoms with Crippen molar-refractivity contribution >= 4 is 17.8 Å². The molecule has 1 aliphatic heterocycles. The summed E-state index contributed by atoms with van der Waals surface area (Å²) in [6.07, 6.45) is -2.30. The van der Waals surface area contributed by atoms with Gasteiger partial charge in [-0.1, -0.05) is 0 Å². The van der Waals surface area contributed by atoms with Gasteiger partial charge >= 0.3 is 12.2 Å². The summed E-state index contributed by atoms with van der Waals surface area (Å²) in [5, 5.41) is 0. The fraction of sp³-hybridized carbons (Fsp3) is 0.421. The molecule has 3 heterocycles. The van der Waals surface area contributed by atoms with Crippen molar-refractivity contribution in [3.8, 4) is 0 Å². The molecule has 0 aliphatic carbocycles. The summed E-state index contributed by atoms with van der Waals surface area (Å²) < 4.78 is 37.9. The molecule has 1 unspecified atom stereocenters. The van der Waals surface area contributed by atoms with Gasteiger partial charge in [-0.05, 0) is 19.9 Å². The summed E-state index contributed by atoms with van der Waals surface area (Å²) in [7, 11) is 0. The number of anilines is 1. The molecule has 1 saturated heterocycles. The van der Waals surface area contributed by atoms with Crippen LogP contribution in [0.3, 0.4) is 0 Å². The lowest BCUT2D eigenvalue weighted by Gasteiger charge is -2.34. The third-order valence-electron chi connectivity index (χ3n) is 4.91. The Kier molecular flexibility index (Phi) is 6.77. The van der Waals surface area contributed by atoms with Gasteiger partial charge in [0.1, 0.15) is 6.10 Å². The molecule has 32 heavy (non-hydrogen) atoms. The van der Waals surface area contributed by atoms with Gasteiger partial charge in [0.15, 0.2) is 5.78 Å². The van der Waals surface area contributed by atoms with Crippen molar-refractivity contribution in [3.63, 3.8) is 0 Å². The monoisotopic (exact) mass is 454 g/mol. The van der Waals surface area contributed by atoms with Crippen LogP contribution in [0.4, 0.5) is 23.9 Å². The van der Waals surface area contributed by atoms with E-state index in [1.807, 2.05) is 0 Å². The molecule has 0 radical (unpaired) electrons. The summed E-state index contributed by atoms with van der Waals surface area (Å²) in [5.41, 5.74) is 1.38. The minimum absolute atomic E-state index is 0.00844. The highest BCUT2D eigenvalue weighted by Crippen LogP contribution is 2.28. The molecular weight excluding hydrogens is 433 g/mol. The van der Waals surface area contributed by atoms with Crippen LogP contribution in [0.5, 0.6) is 0 Å².